The Morgan fingerprint density at radius 3 is 0.923 bits per heavy atom. The smallest absolute Gasteiger partial charge is 0.320 e. The molecule has 148 valence electrons. The lowest BCUT2D eigenvalue weighted by Crippen LogP contribution is -2.54. The molecule has 0 saturated carbocycles. The zero-order valence-corrected chi connectivity index (χ0v) is 14.9. The molecule has 0 amide bonds. The van der Waals surface area contributed by atoms with E-state index in [0.717, 1.165) is 9.80 Å². The summed E-state index contributed by atoms with van der Waals surface area (Å²) in [6, 6.07) is -5.14. The number of carboxylic acid groups (broad SMARTS) is 4. The van der Waals surface area contributed by atoms with Crippen molar-refractivity contribution in [1.29, 1.82) is 0 Å². The first-order chi connectivity index (χ1) is 11.8. The van der Waals surface area contributed by atoms with Gasteiger partial charge in [0.2, 0.25) is 0 Å². The van der Waals surface area contributed by atoms with E-state index >= 15 is 0 Å². The SMILES string of the molecule is CC(C(=O)O)N(CC(=O)CN(C(C)C(=O)O)[C@@H](C)C(=O)O)[C@@H](C)C(=O)O. The molecule has 0 aliphatic heterocycles. The first-order valence-corrected chi connectivity index (χ1v) is 7.75. The fraction of sp³-hybridized carbons (Fsp3) is 0.667. The van der Waals surface area contributed by atoms with Crippen LogP contribution >= 0.6 is 0 Å². The maximum Gasteiger partial charge on any atom is 0.320 e. The van der Waals surface area contributed by atoms with E-state index < -0.39 is 66.9 Å². The summed E-state index contributed by atoms with van der Waals surface area (Å²) in [7, 11) is 0. The van der Waals surface area contributed by atoms with Crippen LogP contribution in [-0.4, -0.2) is 97.1 Å². The highest BCUT2D eigenvalue weighted by molar-refractivity contribution is 5.86. The number of rotatable bonds is 12. The molecule has 11 nitrogen and oxygen atoms in total. The Morgan fingerprint density at radius 1 is 0.577 bits per heavy atom. The van der Waals surface area contributed by atoms with E-state index in [1.807, 2.05) is 0 Å². The number of Topliss-reactive ketones (excluding diaryl/α,β-unsaturated/α-hetero) is 1. The topological polar surface area (TPSA) is 173 Å². The Hall–Kier alpha value is -2.53. The summed E-state index contributed by atoms with van der Waals surface area (Å²) >= 11 is 0. The van der Waals surface area contributed by atoms with Crippen molar-refractivity contribution in [3.63, 3.8) is 0 Å². The molecule has 0 aromatic carbocycles. The molecule has 4 atom stereocenters. The van der Waals surface area contributed by atoms with E-state index in [1.54, 1.807) is 0 Å². The maximum absolute atomic E-state index is 12.3. The standard InChI is InChI=1S/C15H24N2O9/c1-7(12(19)20)16(8(2)13(21)22)5-11(18)6-17(9(3)14(23)24)10(4)15(25)26/h7-10H,5-6H2,1-4H3,(H,19,20)(H,21,22)(H,23,24)(H,25,26)/t7-,8?,9-,10?/m0/s1. The van der Waals surface area contributed by atoms with E-state index in [9.17, 15) is 24.0 Å². The molecule has 0 rings (SSSR count). The second-order valence-electron chi connectivity index (χ2n) is 5.94. The van der Waals surface area contributed by atoms with E-state index in [-0.39, 0.29) is 0 Å². The molecule has 0 spiro atoms. The Balaban J connectivity index is 5.43. The lowest BCUT2D eigenvalue weighted by molar-refractivity contribution is -0.150. The monoisotopic (exact) mass is 376 g/mol. The van der Waals surface area contributed by atoms with Crippen LogP contribution in [0.2, 0.25) is 0 Å². The van der Waals surface area contributed by atoms with Crippen LogP contribution in [0.1, 0.15) is 27.7 Å². The van der Waals surface area contributed by atoms with Gasteiger partial charge < -0.3 is 20.4 Å². The van der Waals surface area contributed by atoms with Crippen molar-refractivity contribution in [3.8, 4) is 0 Å². The number of nitrogens with zero attached hydrogens (tertiary/aromatic N) is 2. The minimum Gasteiger partial charge on any atom is -0.480 e. The molecule has 0 radical (unpaired) electrons. The predicted octanol–water partition coefficient (Wildman–Crippen LogP) is -0.948. The zero-order chi connectivity index (χ0) is 20.8. The minimum absolute atomic E-state index is 0.587. The molecule has 4 N–H and O–H groups in total. The number of aliphatic carboxylic acids is 4. The maximum atomic E-state index is 12.3. The van der Waals surface area contributed by atoms with Crippen LogP contribution in [0.3, 0.4) is 0 Å². The number of ketones is 1. The van der Waals surface area contributed by atoms with Crippen molar-refractivity contribution >= 4 is 29.7 Å². The van der Waals surface area contributed by atoms with Crippen LogP contribution in [0.4, 0.5) is 0 Å². The molecule has 0 aliphatic carbocycles. The van der Waals surface area contributed by atoms with Gasteiger partial charge in [-0.1, -0.05) is 0 Å². The van der Waals surface area contributed by atoms with Gasteiger partial charge in [-0.2, -0.15) is 0 Å². The molecule has 0 aromatic rings. The van der Waals surface area contributed by atoms with Crippen LogP contribution in [-0.2, 0) is 24.0 Å². The van der Waals surface area contributed by atoms with Gasteiger partial charge in [0.1, 0.15) is 24.2 Å². The van der Waals surface area contributed by atoms with Gasteiger partial charge in [-0.05, 0) is 27.7 Å². The molecule has 0 bridgehead atoms. The summed E-state index contributed by atoms with van der Waals surface area (Å²) in [6.45, 7) is 3.69. The molecule has 2 unspecified atom stereocenters. The van der Waals surface area contributed by atoms with Gasteiger partial charge in [-0.3, -0.25) is 33.8 Å². The molecular formula is C15H24N2O9. The Morgan fingerprint density at radius 2 is 0.769 bits per heavy atom. The normalized spacial score (nSPS) is 15.9. The average Bonchev–Trinajstić information content (AvgIpc) is 2.54. The van der Waals surface area contributed by atoms with Gasteiger partial charge in [-0.15, -0.1) is 0 Å². The third-order valence-corrected chi connectivity index (χ3v) is 4.14. The van der Waals surface area contributed by atoms with Gasteiger partial charge in [-0.25, -0.2) is 0 Å². The Kier molecular flexibility index (Phi) is 8.87. The van der Waals surface area contributed by atoms with E-state index in [1.165, 1.54) is 27.7 Å². The molecule has 0 aliphatic rings. The second-order valence-corrected chi connectivity index (χ2v) is 5.94. The number of carbonyl (C=O) groups is 5. The molecule has 26 heavy (non-hydrogen) atoms. The summed E-state index contributed by atoms with van der Waals surface area (Å²) in [6.07, 6.45) is 0. The fourth-order valence-corrected chi connectivity index (χ4v) is 2.24. The Bertz CT molecular complexity index is 489. The lowest BCUT2D eigenvalue weighted by Gasteiger charge is -2.32. The predicted molar refractivity (Wildman–Crippen MR) is 86.8 cm³/mol. The van der Waals surface area contributed by atoms with Gasteiger partial charge >= 0.3 is 23.9 Å². The molecule has 11 heteroatoms. The summed E-state index contributed by atoms with van der Waals surface area (Å²) < 4.78 is 0. The highest BCUT2D eigenvalue weighted by Crippen LogP contribution is 2.10. The largest absolute Gasteiger partial charge is 0.480 e. The second kappa shape index (κ2) is 9.82. The van der Waals surface area contributed by atoms with Crippen molar-refractivity contribution in [3.05, 3.63) is 0 Å². The molecule has 0 aromatic heterocycles. The number of carbonyl (C=O) groups excluding carboxylic acids is 1. The van der Waals surface area contributed by atoms with Crippen LogP contribution in [0.25, 0.3) is 0 Å². The lowest BCUT2D eigenvalue weighted by atomic mass is 10.1. The van der Waals surface area contributed by atoms with Crippen LogP contribution in [0, 0.1) is 0 Å². The van der Waals surface area contributed by atoms with Crippen molar-refractivity contribution in [2.45, 2.75) is 51.9 Å². The van der Waals surface area contributed by atoms with Crippen LogP contribution < -0.4 is 0 Å². The van der Waals surface area contributed by atoms with E-state index in [0.29, 0.717) is 0 Å². The van der Waals surface area contributed by atoms with Gasteiger partial charge in [0, 0.05) is 0 Å². The number of hydrogen-bond acceptors (Lipinski definition) is 7. The third-order valence-electron chi connectivity index (χ3n) is 4.14. The average molecular weight is 376 g/mol. The zero-order valence-electron chi connectivity index (χ0n) is 14.9. The number of carboxylic acids is 4. The van der Waals surface area contributed by atoms with Crippen molar-refractivity contribution in [2.75, 3.05) is 13.1 Å². The highest BCUT2D eigenvalue weighted by atomic mass is 16.4. The van der Waals surface area contributed by atoms with Crippen molar-refractivity contribution in [2.24, 2.45) is 0 Å². The molecule has 0 heterocycles. The third kappa shape index (κ3) is 6.41. The quantitative estimate of drug-likeness (QED) is 0.331. The van der Waals surface area contributed by atoms with Gasteiger partial charge in [0.25, 0.3) is 0 Å². The molecule has 0 saturated heterocycles. The molecular weight excluding hydrogens is 352 g/mol. The summed E-state index contributed by atoms with van der Waals surface area (Å²) in [5.41, 5.74) is 0. The van der Waals surface area contributed by atoms with Crippen molar-refractivity contribution < 1.29 is 44.4 Å². The van der Waals surface area contributed by atoms with E-state index in [2.05, 4.69) is 0 Å². The minimum atomic E-state index is -1.33. The van der Waals surface area contributed by atoms with Crippen LogP contribution in [0.15, 0.2) is 0 Å². The van der Waals surface area contributed by atoms with Crippen LogP contribution in [0.5, 0.6) is 0 Å². The summed E-state index contributed by atoms with van der Waals surface area (Å²) in [5.74, 6) is -6.03. The number of hydrogen-bond donors (Lipinski definition) is 4. The summed E-state index contributed by atoms with van der Waals surface area (Å²) in [4.78, 5) is 58.8. The van der Waals surface area contributed by atoms with Crippen molar-refractivity contribution in [1.82, 2.24) is 9.80 Å². The Labute approximate surface area is 149 Å². The first kappa shape index (κ1) is 23.5. The molecule has 0 fully saturated rings. The van der Waals surface area contributed by atoms with Gasteiger partial charge in [0.15, 0.2) is 5.78 Å². The van der Waals surface area contributed by atoms with E-state index in [4.69, 9.17) is 20.4 Å². The fourth-order valence-electron chi connectivity index (χ4n) is 2.24. The summed E-state index contributed by atoms with van der Waals surface area (Å²) in [5, 5.41) is 36.4. The first-order valence-electron chi connectivity index (χ1n) is 7.75. The van der Waals surface area contributed by atoms with Gasteiger partial charge in [0.05, 0.1) is 13.1 Å². The highest BCUT2D eigenvalue weighted by Gasteiger charge is 2.34.